The quantitative estimate of drug-likeness (QED) is 0.938. The molecule has 0 unspecified atom stereocenters. The average Bonchev–Trinajstić information content (AvgIpc) is 2.85. The third-order valence-corrected chi connectivity index (χ3v) is 3.84. The maximum Gasteiger partial charge on any atom is 0.130 e. The first-order valence-corrected chi connectivity index (χ1v) is 7.18. The van der Waals surface area contributed by atoms with Crippen molar-refractivity contribution >= 4 is 0 Å². The minimum atomic E-state index is 0.178. The highest BCUT2D eigenvalue weighted by Gasteiger charge is 2.19. The summed E-state index contributed by atoms with van der Waals surface area (Å²) in [6.45, 7) is 2.38. The Morgan fingerprint density at radius 3 is 2.90 bits per heavy atom. The number of aryl methyl sites for hydroxylation is 2. The highest BCUT2D eigenvalue weighted by Crippen LogP contribution is 2.32. The van der Waals surface area contributed by atoms with Gasteiger partial charge >= 0.3 is 0 Å². The minimum absolute atomic E-state index is 0.178. The number of hydrogen-bond acceptors (Lipinski definition) is 4. The lowest BCUT2D eigenvalue weighted by atomic mass is 10.1. The first-order valence-electron chi connectivity index (χ1n) is 7.18. The van der Waals surface area contributed by atoms with Gasteiger partial charge in [0.25, 0.3) is 0 Å². The van der Waals surface area contributed by atoms with Crippen molar-refractivity contribution in [3.05, 3.63) is 52.8 Å². The Balaban J connectivity index is 1.72. The molecule has 1 heterocycles. The number of nitrogens with zero attached hydrogens (tertiary/aromatic N) is 1. The fraction of sp³-hybridized carbons (Fsp3) is 0.353. The van der Waals surface area contributed by atoms with E-state index in [9.17, 15) is 0 Å². The minimum Gasteiger partial charge on any atom is -0.497 e. The predicted molar refractivity (Wildman–Crippen MR) is 81.5 cm³/mol. The highest BCUT2D eigenvalue weighted by atomic mass is 16.5. The predicted octanol–water partition coefficient (Wildman–Crippen LogP) is 2.92. The summed E-state index contributed by atoms with van der Waals surface area (Å²) in [4.78, 5) is 4.46. The third-order valence-electron chi connectivity index (χ3n) is 3.84. The van der Waals surface area contributed by atoms with Crippen molar-refractivity contribution in [1.82, 2.24) is 4.98 Å². The number of pyridine rings is 1. The van der Waals surface area contributed by atoms with E-state index in [2.05, 4.69) is 17.1 Å². The van der Waals surface area contributed by atoms with Gasteiger partial charge in [-0.1, -0.05) is 6.07 Å². The van der Waals surface area contributed by atoms with Crippen molar-refractivity contribution in [2.24, 2.45) is 5.73 Å². The maximum absolute atomic E-state index is 6.05. The van der Waals surface area contributed by atoms with Gasteiger partial charge in [0.1, 0.15) is 18.1 Å². The number of hydrogen-bond donors (Lipinski definition) is 1. The lowest BCUT2D eigenvalue weighted by Crippen LogP contribution is -2.05. The summed E-state index contributed by atoms with van der Waals surface area (Å²) in [5, 5.41) is 0. The van der Waals surface area contributed by atoms with Crippen LogP contribution in [0, 0.1) is 6.92 Å². The van der Waals surface area contributed by atoms with E-state index in [4.69, 9.17) is 15.2 Å². The van der Waals surface area contributed by atoms with E-state index in [0.29, 0.717) is 6.61 Å². The summed E-state index contributed by atoms with van der Waals surface area (Å²) >= 11 is 0. The maximum atomic E-state index is 6.05. The topological polar surface area (TPSA) is 57.4 Å². The average molecular weight is 284 g/mol. The van der Waals surface area contributed by atoms with E-state index in [1.807, 2.05) is 25.1 Å². The van der Waals surface area contributed by atoms with Crippen LogP contribution >= 0.6 is 0 Å². The van der Waals surface area contributed by atoms with Crippen LogP contribution in [0.15, 0.2) is 30.3 Å². The molecule has 0 aliphatic heterocycles. The van der Waals surface area contributed by atoms with E-state index in [0.717, 1.165) is 35.7 Å². The summed E-state index contributed by atoms with van der Waals surface area (Å²) in [5.41, 5.74) is 10.4. The molecule has 0 radical (unpaired) electrons. The molecule has 1 aliphatic rings. The zero-order valence-electron chi connectivity index (χ0n) is 12.4. The molecule has 110 valence electrons. The highest BCUT2D eigenvalue weighted by molar-refractivity contribution is 5.40. The van der Waals surface area contributed by atoms with E-state index >= 15 is 0 Å². The second-order valence-electron chi connectivity index (χ2n) is 5.43. The Labute approximate surface area is 124 Å². The van der Waals surface area contributed by atoms with Crippen LogP contribution in [0.3, 0.4) is 0 Å². The molecule has 1 aromatic heterocycles. The van der Waals surface area contributed by atoms with E-state index in [1.54, 1.807) is 7.11 Å². The summed E-state index contributed by atoms with van der Waals surface area (Å²) in [7, 11) is 1.66. The van der Waals surface area contributed by atoms with Crippen LogP contribution in [0.1, 0.15) is 35.0 Å². The molecular weight excluding hydrogens is 264 g/mol. The molecule has 0 bridgehead atoms. The normalized spacial score (nSPS) is 16.6. The van der Waals surface area contributed by atoms with E-state index in [-0.39, 0.29) is 6.04 Å². The van der Waals surface area contributed by atoms with Crippen LogP contribution in [0.4, 0.5) is 0 Å². The molecule has 0 spiro atoms. The van der Waals surface area contributed by atoms with Crippen LogP contribution in [-0.4, -0.2) is 12.1 Å². The summed E-state index contributed by atoms with van der Waals surface area (Å²) in [5.74, 6) is 1.67. The fourth-order valence-corrected chi connectivity index (χ4v) is 2.77. The third kappa shape index (κ3) is 3.00. The van der Waals surface area contributed by atoms with Gasteiger partial charge in [-0.2, -0.15) is 0 Å². The van der Waals surface area contributed by atoms with Gasteiger partial charge in [-0.15, -0.1) is 0 Å². The fourth-order valence-electron chi connectivity index (χ4n) is 2.77. The van der Waals surface area contributed by atoms with Crippen molar-refractivity contribution in [3.8, 4) is 11.5 Å². The number of benzene rings is 1. The number of rotatable bonds is 4. The van der Waals surface area contributed by atoms with Gasteiger partial charge in [0.05, 0.1) is 12.8 Å². The van der Waals surface area contributed by atoms with Crippen LogP contribution in [0.25, 0.3) is 0 Å². The number of nitrogens with two attached hydrogens (primary N) is 1. The standard InChI is InChI=1S/C17H20N2O2/c1-11-7-15(20-2)9-13(19-11)10-21-14-4-5-16-12(8-14)3-6-17(16)18/h4-5,7-9,17H,3,6,10,18H2,1-2H3/t17-/m1/s1. The molecule has 4 nitrogen and oxygen atoms in total. The Morgan fingerprint density at radius 2 is 2.10 bits per heavy atom. The molecule has 4 heteroatoms. The molecule has 0 fully saturated rings. The molecule has 21 heavy (non-hydrogen) atoms. The van der Waals surface area contributed by atoms with Gasteiger partial charge in [0.2, 0.25) is 0 Å². The molecule has 2 aromatic rings. The Hall–Kier alpha value is -2.07. The largest absolute Gasteiger partial charge is 0.497 e. The molecular formula is C17H20N2O2. The zero-order chi connectivity index (χ0) is 14.8. The second-order valence-corrected chi connectivity index (χ2v) is 5.43. The number of fused-ring (bicyclic) bond motifs is 1. The van der Waals surface area contributed by atoms with Crippen molar-refractivity contribution in [3.63, 3.8) is 0 Å². The molecule has 0 amide bonds. The van der Waals surface area contributed by atoms with Crippen molar-refractivity contribution in [1.29, 1.82) is 0 Å². The first-order chi connectivity index (χ1) is 10.2. The van der Waals surface area contributed by atoms with Gasteiger partial charge in [-0.3, -0.25) is 4.98 Å². The van der Waals surface area contributed by atoms with Crippen LogP contribution in [0.2, 0.25) is 0 Å². The molecule has 1 aliphatic carbocycles. The van der Waals surface area contributed by atoms with Gasteiger partial charge in [-0.25, -0.2) is 0 Å². The van der Waals surface area contributed by atoms with Gasteiger partial charge < -0.3 is 15.2 Å². The van der Waals surface area contributed by atoms with Gasteiger partial charge in [0.15, 0.2) is 0 Å². The molecule has 1 aromatic carbocycles. The van der Waals surface area contributed by atoms with Crippen LogP contribution < -0.4 is 15.2 Å². The van der Waals surface area contributed by atoms with Gasteiger partial charge in [-0.05, 0) is 43.0 Å². The molecule has 1 atom stereocenters. The summed E-state index contributed by atoms with van der Waals surface area (Å²) in [6.07, 6.45) is 2.06. The lowest BCUT2D eigenvalue weighted by molar-refractivity contribution is 0.299. The molecule has 3 rings (SSSR count). The zero-order valence-corrected chi connectivity index (χ0v) is 12.4. The van der Waals surface area contributed by atoms with Crippen molar-refractivity contribution in [2.75, 3.05) is 7.11 Å². The van der Waals surface area contributed by atoms with Crippen LogP contribution in [-0.2, 0) is 13.0 Å². The first kappa shape index (κ1) is 13.9. The van der Waals surface area contributed by atoms with E-state index < -0.39 is 0 Å². The summed E-state index contributed by atoms with van der Waals surface area (Å²) in [6, 6.07) is 10.1. The molecule has 2 N–H and O–H groups in total. The van der Waals surface area contributed by atoms with Crippen LogP contribution in [0.5, 0.6) is 11.5 Å². The number of aromatic nitrogens is 1. The van der Waals surface area contributed by atoms with E-state index in [1.165, 1.54) is 11.1 Å². The second kappa shape index (κ2) is 5.74. The smallest absolute Gasteiger partial charge is 0.130 e. The Bertz CT molecular complexity index is 655. The Kier molecular flexibility index (Phi) is 3.80. The Morgan fingerprint density at radius 1 is 1.24 bits per heavy atom. The molecule has 0 saturated carbocycles. The number of ether oxygens (including phenoxy) is 2. The van der Waals surface area contributed by atoms with Gasteiger partial charge in [0, 0.05) is 23.9 Å². The van der Waals surface area contributed by atoms with Crippen molar-refractivity contribution < 1.29 is 9.47 Å². The summed E-state index contributed by atoms with van der Waals surface area (Å²) < 4.78 is 11.1. The lowest BCUT2D eigenvalue weighted by Gasteiger charge is -2.10. The SMILES string of the molecule is COc1cc(C)nc(COc2ccc3c(c2)CC[C@H]3N)c1. The van der Waals surface area contributed by atoms with Crippen molar-refractivity contribution in [2.45, 2.75) is 32.4 Å². The monoisotopic (exact) mass is 284 g/mol. The number of methoxy groups -OCH3 is 1. The molecule has 0 saturated heterocycles.